The number of nitrogens with zero attached hydrogens (tertiary/aromatic N) is 2. The zero-order chi connectivity index (χ0) is 23.4. The standard InChI is InChI=1S/C22H24N2O8/c1-5-31-20(29)22-15-14(16(25)23(3)17(15)26)21(2,32-22)24(19(22)28)13(18(27)30-4)11-12-9-7-6-8-10-12/h6-10,13-15H,5,11H2,1-4H3/t13-,14-,15+,21+,22-/m0/s1. The van der Waals surface area contributed by atoms with Crippen molar-refractivity contribution in [2.24, 2.45) is 11.8 Å². The van der Waals surface area contributed by atoms with Gasteiger partial charge in [0.2, 0.25) is 11.8 Å². The summed E-state index contributed by atoms with van der Waals surface area (Å²) in [4.78, 5) is 67.5. The molecule has 32 heavy (non-hydrogen) atoms. The van der Waals surface area contributed by atoms with Crippen molar-refractivity contribution in [3.8, 4) is 0 Å². The number of piperidine rings is 1. The topological polar surface area (TPSA) is 120 Å². The summed E-state index contributed by atoms with van der Waals surface area (Å²) in [5, 5.41) is 0. The van der Waals surface area contributed by atoms with Crippen LogP contribution in [-0.2, 0) is 44.6 Å². The van der Waals surface area contributed by atoms with Crippen LogP contribution in [-0.4, -0.2) is 77.6 Å². The molecule has 0 aromatic heterocycles. The van der Waals surface area contributed by atoms with Gasteiger partial charge in [-0.25, -0.2) is 9.59 Å². The number of hydrogen-bond donors (Lipinski definition) is 0. The Morgan fingerprint density at radius 3 is 2.34 bits per heavy atom. The van der Waals surface area contributed by atoms with Gasteiger partial charge in [-0.3, -0.25) is 24.2 Å². The van der Waals surface area contributed by atoms with Gasteiger partial charge in [-0.2, -0.15) is 0 Å². The SMILES string of the molecule is CCOC(=O)[C@]12O[C@](C)([C@@H]3C(=O)N(C)C(=O)[C@@H]31)N([C@@H](Cc1ccccc1)C(=O)OC)C2=O. The third-order valence-electron chi connectivity index (χ3n) is 6.56. The van der Waals surface area contributed by atoms with E-state index >= 15 is 0 Å². The number of hydrogen-bond acceptors (Lipinski definition) is 8. The summed E-state index contributed by atoms with van der Waals surface area (Å²) < 4.78 is 16.0. The Bertz CT molecular complexity index is 1010. The van der Waals surface area contributed by atoms with E-state index < -0.39 is 58.9 Å². The van der Waals surface area contributed by atoms with E-state index in [0.29, 0.717) is 0 Å². The zero-order valence-electron chi connectivity index (χ0n) is 18.2. The summed E-state index contributed by atoms with van der Waals surface area (Å²) in [7, 11) is 2.48. The van der Waals surface area contributed by atoms with Crippen molar-refractivity contribution in [1.29, 1.82) is 0 Å². The molecule has 0 spiro atoms. The second-order valence-corrected chi connectivity index (χ2v) is 8.21. The smallest absolute Gasteiger partial charge is 0.349 e. The highest BCUT2D eigenvalue weighted by atomic mass is 16.6. The first-order chi connectivity index (χ1) is 15.1. The Labute approximate surface area is 184 Å². The molecule has 1 aromatic rings. The van der Waals surface area contributed by atoms with Crippen molar-refractivity contribution < 1.29 is 38.2 Å². The summed E-state index contributed by atoms with van der Waals surface area (Å²) in [5.74, 6) is -6.47. The van der Waals surface area contributed by atoms with Gasteiger partial charge in [0.15, 0.2) is 5.72 Å². The number of carbonyl (C=O) groups is 5. The van der Waals surface area contributed by atoms with Crippen LogP contribution < -0.4 is 0 Å². The molecule has 0 N–H and O–H groups in total. The first-order valence-electron chi connectivity index (χ1n) is 10.3. The molecule has 3 fully saturated rings. The summed E-state index contributed by atoms with van der Waals surface area (Å²) in [6, 6.07) is 7.74. The summed E-state index contributed by atoms with van der Waals surface area (Å²) in [6.07, 6.45) is 0.0620. The summed E-state index contributed by atoms with van der Waals surface area (Å²) in [6.45, 7) is 2.94. The maximum atomic E-state index is 13.8. The van der Waals surface area contributed by atoms with E-state index in [1.165, 1.54) is 21.1 Å². The van der Waals surface area contributed by atoms with Gasteiger partial charge in [-0.05, 0) is 19.4 Å². The van der Waals surface area contributed by atoms with Crippen molar-refractivity contribution in [2.75, 3.05) is 20.8 Å². The molecule has 3 heterocycles. The van der Waals surface area contributed by atoms with Gasteiger partial charge in [0.1, 0.15) is 17.9 Å². The lowest BCUT2D eigenvalue weighted by molar-refractivity contribution is -0.179. The minimum Gasteiger partial charge on any atom is -0.467 e. The van der Waals surface area contributed by atoms with E-state index in [-0.39, 0.29) is 13.0 Å². The molecule has 4 rings (SSSR count). The molecule has 0 unspecified atom stereocenters. The van der Waals surface area contributed by atoms with E-state index in [4.69, 9.17) is 14.2 Å². The molecule has 2 bridgehead atoms. The summed E-state index contributed by atoms with van der Waals surface area (Å²) in [5.41, 5.74) is -3.33. The molecule has 0 radical (unpaired) electrons. The Morgan fingerprint density at radius 2 is 1.75 bits per heavy atom. The number of imide groups is 1. The molecular formula is C22H24N2O8. The maximum Gasteiger partial charge on any atom is 0.349 e. The lowest BCUT2D eigenvalue weighted by Gasteiger charge is -2.42. The fourth-order valence-electron chi connectivity index (χ4n) is 5.17. The highest BCUT2D eigenvalue weighted by Crippen LogP contribution is 2.60. The van der Waals surface area contributed by atoms with E-state index in [1.54, 1.807) is 31.2 Å². The van der Waals surface area contributed by atoms with E-state index in [2.05, 4.69) is 0 Å². The molecule has 3 saturated heterocycles. The fraction of sp³-hybridized carbons (Fsp3) is 0.500. The molecule has 10 heteroatoms. The van der Waals surface area contributed by atoms with Crippen molar-refractivity contribution in [3.63, 3.8) is 0 Å². The molecule has 170 valence electrons. The van der Waals surface area contributed by atoms with Gasteiger partial charge in [0.05, 0.1) is 13.7 Å². The highest BCUT2D eigenvalue weighted by Gasteiger charge is 2.84. The Balaban J connectivity index is 1.86. The lowest BCUT2D eigenvalue weighted by Crippen LogP contribution is -2.65. The van der Waals surface area contributed by atoms with Crippen LogP contribution in [0, 0.1) is 11.8 Å². The first-order valence-corrected chi connectivity index (χ1v) is 10.3. The molecule has 3 aliphatic heterocycles. The van der Waals surface area contributed by atoms with E-state index in [0.717, 1.165) is 15.4 Å². The average Bonchev–Trinajstić information content (AvgIpc) is 3.29. The quantitative estimate of drug-likeness (QED) is 0.339. The van der Waals surface area contributed by atoms with Crippen LogP contribution in [0.25, 0.3) is 0 Å². The van der Waals surface area contributed by atoms with Gasteiger partial charge in [-0.1, -0.05) is 30.3 Å². The molecule has 1 aromatic carbocycles. The summed E-state index contributed by atoms with van der Waals surface area (Å²) >= 11 is 0. The average molecular weight is 444 g/mol. The van der Waals surface area contributed by atoms with Gasteiger partial charge < -0.3 is 14.2 Å². The van der Waals surface area contributed by atoms with Crippen molar-refractivity contribution in [1.82, 2.24) is 9.80 Å². The molecule has 0 aliphatic carbocycles. The Hall–Kier alpha value is -3.27. The molecular weight excluding hydrogens is 420 g/mol. The number of carbonyl (C=O) groups excluding carboxylic acids is 5. The first kappa shape index (κ1) is 21.9. The largest absolute Gasteiger partial charge is 0.467 e. The molecule has 3 amide bonds. The van der Waals surface area contributed by atoms with Gasteiger partial charge in [0.25, 0.3) is 11.5 Å². The van der Waals surface area contributed by atoms with Gasteiger partial charge >= 0.3 is 11.9 Å². The van der Waals surface area contributed by atoms with Crippen molar-refractivity contribution >= 4 is 29.7 Å². The molecule has 0 saturated carbocycles. The number of likely N-dealkylation sites (tertiary alicyclic amines) is 2. The second kappa shape index (κ2) is 7.40. The number of ether oxygens (including phenoxy) is 3. The predicted molar refractivity (Wildman–Crippen MR) is 106 cm³/mol. The van der Waals surface area contributed by atoms with Crippen LogP contribution in [0.5, 0.6) is 0 Å². The normalized spacial score (nSPS) is 31.7. The monoisotopic (exact) mass is 444 g/mol. The number of rotatable bonds is 6. The van der Waals surface area contributed by atoms with E-state index in [9.17, 15) is 24.0 Å². The third-order valence-corrected chi connectivity index (χ3v) is 6.56. The van der Waals surface area contributed by atoms with E-state index in [1.807, 2.05) is 6.07 Å². The molecule has 3 aliphatic rings. The lowest BCUT2D eigenvalue weighted by atomic mass is 9.73. The van der Waals surface area contributed by atoms with Crippen LogP contribution in [0.15, 0.2) is 30.3 Å². The number of methoxy groups -OCH3 is 1. The Kier molecular flexibility index (Phi) is 5.08. The fourth-order valence-corrected chi connectivity index (χ4v) is 5.17. The van der Waals surface area contributed by atoms with Crippen LogP contribution >= 0.6 is 0 Å². The Morgan fingerprint density at radius 1 is 1.12 bits per heavy atom. The number of amides is 3. The van der Waals surface area contributed by atoms with Gasteiger partial charge in [-0.15, -0.1) is 0 Å². The zero-order valence-corrected chi connectivity index (χ0v) is 18.2. The van der Waals surface area contributed by atoms with Crippen LogP contribution in [0.1, 0.15) is 19.4 Å². The third kappa shape index (κ3) is 2.65. The predicted octanol–water partition coefficient (Wildman–Crippen LogP) is -0.108. The number of benzene rings is 1. The van der Waals surface area contributed by atoms with Crippen molar-refractivity contribution in [2.45, 2.75) is 37.6 Å². The second-order valence-electron chi connectivity index (χ2n) is 8.21. The van der Waals surface area contributed by atoms with Crippen LogP contribution in [0.2, 0.25) is 0 Å². The molecule has 10 nitrogen and oxygen atoms in total. The minimum absolute atomic E-state index is 0.0618. The number of esters is 2. The van der Waals surface area contributed by atoms with Crippen LogP contribution in [0.4, 0.5) is 0 Å². The van der Waals surface area contributed by atoms with Crippen LogP contribution in [0.3, 0.4) is 0 Å². The highest BCUT2D eigenvalue weighted by molar-refractivity contribution is 6.19. The molecule has 5 atom stereocenters. The van der Waals surface area contributed by atoms with Crippen molar-refractivity contribution in [3.05, 3.63) is 35.9 Å². The van der Waals surface area contributed by atoms with Gasteiger partial charge in [0, 0.05) is 13.5 Å². The minimum atomic E-state index is -2.34. The number of fused-ring (bicyclic) bond motifs is 5. The maximum absolute atomic E-state index is 13.8.